The van der Waals surface area contributed by atoms with Crippen molar-refractivity contribution >= 4 is 5.97 Å². The van der Waals surface area contributed by atoms with Crippen LogP contribution in [0, 0.1) is 0 Å². The van der Waals surface area contributed by atoms with Gasteiger partial charge in [-0.15, -0.1) is 0 Å². The first kappa shape index (κ1) is 18.8. The Morgan fingerprint density at radius 1 is 1.00 bits per heavy atom. The number of ether oxygens (including phenoxy) is 1. The summed E-state index contributed by atoms with van der Waals surface area (Å²) in [7, 11) is 0. The summed E-state index contributed by atoms with van der Waals surface area (Å²) in [6.45, 7) is 8.53. The normalized spacial score (nSPS) is 11.3. The molecule has 27 heavy (non-hydrogen) atoms. The summed E-state index contributed by atoms with van der Waals surface area (Å²) in [6.07, 6.45) is 1.73. The van der Waals surface area contributed by atoms with Crippen molar-refractivity contribution in [3.63, 3.8) is 0 Å². The molecule has 0 aliphatic heterocycles. The molecule has 0 radical (unpaired) electrons. The molecule has 0 bridgehead atoms. The van der Waals surface area contributed by atoms with Gasteiger partial charge >= 0.3 is 11.8 Å². The van der Waals surface area contributed by atoms with E-state index in [1.165, 1.54) is 0 Å². The molecule has 0 N–H and O–H groups in total. The highest BCUT2D eigenvalue weighted by atomic mass is 16.5. The molecule has 3 rings (SSSR count). The van der Waals surface area contributed by atoms with Crippen LogP contribution < -0.4 is 4.57 Å². The van der Waals surface area contributed by atoms with Crippen molar-refractivity contribution in [3.8, 4) is 16.9 Å². The molecule has 0 unspecified atom stereocenters. The molecule has 2 heterocycles. The van der Waals surface area contributed by atoms with Gasteiger partial charge in [0.05, 0.1) is 6.61 Å². The lowest BCUT2D eigenvalue weighted by atomic mass is 9.88. The van der Waals surface area contributed by atoms with Gasteiger partial charge in [0.2, 0.25) is 5.69 Å². The number of nitrogens with zero attached hydrogens (tertiary/aromatic N) is 2. The quantitative estimate of drug-likeness (QED) is 0.508. The first-order valence-corrected chi connectivity index (χ1v) is 9.16. The molecule has 0 aliphatic carbocycles. The van der Waals surface area contributed by atoms with Crippen LogP contribution in [-0.2, 0) is 10.2 Å². The highest BCUT2D eigenvalue weighted by Gasteiger charge is 2.31. The molecule has 4 heteroatoms. The largest absolute Gasteiger partial charge is 0.460 e. The number of carbonyl (C=O) groups excluding carboxylic acids is 1. The third kappa shape index (κ3) is 4.05. The predicted molar refractivity (Wildman–Crippen MR) is 106 cm³/mol. The van der Waals surface area contributed by atoms with Crippen molar-refractivity contribution in [3.05, 3.63) is 78.2 Å². The van der Waals surface area contributed by atoms with E-state index < -0.39 is 0 Å². The van der Waals surface area contributed by atoms with E-state index >= 15 is 0 Å². The molecule has 2 aromatic heterocycles. The molecule has 0 atom stereocenters. The van der Waals surface area contributed by atoms with Crippen molar-refractivity contribution < 1.29 is 14.1 Å². The highest BCUT2D eigenvalue weighted by Crippen LogP contribution is 2.27. The van der Waals surface area contributed by atoms with Crippen LogP contribution in [0.25, 0.3) is 16.9 Å². The topological polar surface area (TPSA) is 43.1 Å². The number of pyridine rings is 2. The van der Waals surface area contributed by atoms with Gasteiger partial charge < -0.3 is 4.74 Å². The van der Waals surface area contributed by atoms with Gasteiger partial charge in [-0.1, -0.05) is 57.2 Å². The zero-order chi connectivity index (χ0) is 19.4. The number of rotatable bonds is 4. The van der Waals surface area contributed by atoms with Crippen molar-refractivity contribution in [2.45, 2.75) is 33.1 Å². The van der Waals surface area contributed by atoms with Crippen LogP contribution >= 0.6 is 0 Å². The van der Waals surface area contributed by atoms with Crippen LogP contribution in [0.15, 0.2) is 66.9 Å². The Balaban J connectivity index is 2.34. The van der Waals surface area contributed by atoms with E-state index in [0.717, 1.165) is 16.8 Å². The van der Waals surface area contributed by atoms with Gasteiger partial charge in [-0.3, -0.25) is 0 Å². The summed E-state index contributed by atoms with van der Waals surface area (Å²) in [6, 6.07) is 19.8. The monoisotopic (exact) mass is 361 g/mol. The van der Waals surface area contributed by atoms with Gasteiger partial charge in [-0.25, -0.2) is 4.79 Å². The lowest BCUT2D eigenvalue weighted by Gasteiger charge is -2.22. The number of aromatic nitrogens is 2. The van der Waals surface area contributed by atoms with Crippen LogP contribution in [-0.4, -0.2) is 17.6 Å². The summed E-state index contributed by atoms with van der Waals surface area (Å²) in [5.74, 6) is 0.344. The van der Waals surface area contributed by atoms with Gasteiger partial charge in [0, 0.05) is 17.5 Å². The zero-order valence-corrected chi connectivity index (χ0v) is 16.3. The predicted octanol–water partition coefficient (Wildman–Crippen LogP) is 4.50. The Morgan fingerprint density at radius 2 is 1.70 bits per heavy atom. The third-order valence-corrected chi connectivity index (χ3v) is 4.30. The van der Waals surface area contributed by atoms with E-state index in [1.807, 2.05) is 66.1 Å². The lowest BCUT2D eigenvalue weighted by molar-refractivity contribution is -0.615. The second-order valence-corrected chi connectivity index (χ2v) is 7.37. The Labute approximate surface area is 160 Å². The summed E-state index contributed by atoms with van der Waals surface area (Å²) >= 11 is 0. The SMILES string of the molecule is CCOC(=O)c1cc(-c2ccccc2)cc(C(C)(C)C)[n+]1-c1ccccn1. The van der Waals surface area contributed by atoms with Crippen LogP contribution in [0.5, 0.6) is 0 Å². The average Bonchev–Trinajstić information content (AvgIpc) is 2.68. The molecule has 3 aromatic rings. The van der Waals surface area contributed by atoms with Gasteiger partial charge in [0.1, 0.15) is 11.9 Å². The summed E-state index contributed by atoms with van der Waals surface area (Å²) < 4.78 is 7.27. The van der Waals surface area contributed by atoms with E-state index in [9.17, 15) is 4.79 Å². The number of carbonyl (C=O) groups is 1. The fourth-order valence-corrected chi connectivity index (χ4v) is 3.03. The summed E-state index contributed by atoms with van der Waals surface area (Å²) in [5.41, 5.74) is 3.30. The van der Waals surface area contributed by atoms with E-state index in [1.54, 1.807) is 6.20 Å². The smallest absolute Gasteiger partial charge is 0.378 e. The maximum atomic E-state index is 12.8. The van der Waals surface area contributed by atoms with Crippen LogP contribution in [0.4, 0.5) is 0 Å². The first-order chi connectivity index (χ1) is 12.9. The van der Waals surface area contributed by atoms with Gasteiger partial charge in [0.25, 0.3) is 0 Å². The van der Waals surface area contributed by atoms with Crippen molar-refractivity contribution in [2.75, 3.05) is 6.61 Å². The summed E-state index contributed by atoms with van der Waals surface area (Å²) in [5, 5.41) is 0. The molecule has 138 valence electrons. The maximum Gasteiger partial charge on any atom is 0.378 e. The van der Waals surface area contributed by atoms with E-state index in [-0.39, 0.29) is 11.4 Å². The van der Waals surface area contributed by atoms with Crippen LogP contribution in [0.2, 0.25) is 0 Å². The second-order valence-electron chi connectivity index (χ2n) is 7.37. The zero-order valence-electron chi connectivity index (χ0n) is 16.3. The fourth-order valence-electron chi connectivity index (χ4n) is 3.03. The maximum absolute atomic E-state index is 12.8. The Kier molecular flexibility index (Phi) is 5.36. The minimum Gasteiger partial charge on any atom is -0.460 e. The molecule has 0 spiro atoms. The molecule has 0 amide bonds. The molecule has 4 nitrogen and oxygen atoms in total. The van der Waals surface area contributed by atoms with Crippen LogP contribution in [0.1, 0.15) is 43.9 Å². The second kappa shape index (κ2) is 7.70. The van der Waals surface area contributed by atoms with Crippen molar-refractivity contribution in [2.24, 2.45) is 0 Å². The number of esters is 1. The van der Waals surface area contributed by atoms with Gasteiger partial charge in [-0.05, 0) is 35.2 Å². The molecule has 1 aromatic carbocycles. The molecule has 0 aliphatic rings. The molecular formula is C23H25N2O2+. The number of hydrogen-bond donors (Lipinski definition) is 0. The molecule has 0 fully saturated rings. The minimum atomic E-state index is -0.355. The van der Waals surface area contributed by atoms with Crippen LogP contribution in [0.3, 0.4) is 0 Å². The Bertz CT molecular complexity index is 930. The van der Waals surface area contributed by atoms with E-state index in [2.05, 4.69) is 31.8 Å². The number of benzene rings is 1. The minimum absolute atomic E-state index is 0.205. The Hall–Kier alpha value is -3.01. The molecule has 0 saturated carbocycles. The first-order valence-electron chi connectivity index (χ1n) is 9.16. The molecular weight excluding hydrogens is 336 g/mol. The summed E-state index contributed by atoms with van der Waals surface area (Å²) in [4.78, 5) is 17.3. The fraction of sp³-hybridized carbons (Fsp3) is 0.261. The average molecular weight is 361 g/mol. The number of hydrogen-bond acceptors (Lipinski definition) is 3. The van der Waals surface area contributed by atoms with Gasteiger partial charge in [0.15, 0.2) is 0 Å². The van der Waals surface area contributed by atoms with Gasteiger partial charge in [-0.2, -0.15) is 4.57 Å². The third-order valence-electron chi connectivity index (χ3n) is 4.30. The lowest BCUT2D eigenvalue weighted by Crippen LogP contribution is -2.47. The van der Waals surface area contributed by atoms with Crippen molar-refractivity contribution in [1.82, 2.24) is 4.98 Å². The van der Waals surface area contributed by atoms with E-state index in [0.29, 0.717) is 18.1 Å². The standard InChI is InChI=1S/C23H25N2O2/c1-5-27-22(26)19-15-18(17-11-7-6-8-12-17)16-20(23(2,3)4)25(19)21-13-9-10-14-24-21/h6-16H,5H2,1-4H3/q+1. The van der Waals surface area contributed by atoms with Crippen molar-refractivity contribution in [1.29, 1.82) is 0 Å². The van der Waals surface area contributed by atoms with E-state index in [4.69, 9.17) is 4.74 Å². The molecule has 0 saturated heterocycles. The highest BCUT2D eigenvalue weighted by molar-refractivity contribution is 5.87. The Morgan fingerprint density at radius 3 is 2.30 bits per heavy atom.